The largest absolute Gasteiger partial charge is 0.359 e. The van der Waals surface area contributed by atoms with Gasteiger partial charge in [0.15, 0.2) is 0 Å². The number of benzene rings is 1. The summed E-state index contributed by atoms with van der Waals surface area (Å²) in [5, 5.41) is 3.51. The molecule has 1 aromatic heterocycles. The van der Waals surface area contributed by atoms with Crippen molar-refractivity contribution in [1.29, 1.82) is 0 Å². The van der Waals surface area contributed by atoms with E-state index in [1.54, 1.807) is 6.07 Å². The molecule has 5 heteroatoms. The van der Waals surface area contributed by atoms with Crippen LogP contribution in [0, 0.1) is 13.8 Å². The van der Waals surface area contributed by atoms with Gasteiger partial charge in [0.05, 0.1) is 11.3 Å². The minimum atomic E-state index is -0.0851. The van der Waals surface area contributed by atoms with Crippen LogP contribution < -0.4 is 5.32 Å². The summed E-state index contributed by atoms with van der Waals surface area (Å²) in [5.41, 5.74) is 7.10. The molecule has 0 bridgehead atoms. The van der Waals surface area contributed by atoms with Crippen LogP contribution in [0.4, 0.5) is 5.69 Å². The standard InChI is InChI=1S/C20H24ClN3O/c1-12-15(6-5-9-24(3)4)13(2)22-18(12)11-17-16-8-7-14(21)10-19(16)23-20(17)25/h7-8,10-11,22H,5-6,9H2,1-4H3,(H,23,25). The molecule has 2 heterocycles. The van der Waals surface area contributed by atoms with Crippen molar-refractivity contribution in [1.82, 2.24) is 9.88 Å². The summed E-state index contributed by atoms with van der Waals surface area (Å²) < 4.78 is 0. The Morgan fingerprint density at radius 1 is 1.24 bits per heavy atom. The highest BCUT2D eigenvalue weighted by Gasteiger charge is 2.25. The minimum absolute atomic E-state index is 0.0851. The molecule has 2 aromatic rings. The Kier molecular flexibility index (Phi) is 5.02. The van der Waals surface area contributed by atoms with E-state index in [9.17, 15) is 4.79 Å². The van der Waals surface area contributed by atoms with E-state index in [0.29, 0.717) is 10.6 Å². The van der Waals surface area contributed by atoms with Crippen LogP contribution in [-0.2, 0) is 11.2 Å². The number of nitrogens with zero attached hydrogens (tertiary/aromatic N) is 1. The van der Waals surface area contributed by atoms with Gasteiger partial charge in [0.1, 0.15) is 0 Å². The highest BCUT2D eigenvalue weighted by molar-refractivity contribution is 6.36. The maximum atomic E-state index is 12.4. The molecular formula is C20H24ClN3O. The first-order chi connectivity index (χ1) is 11.9. The van der Waals surface area contributed by atoms with Gasteiger partial charge in [-0.05, 0) is 76.7 Å². The SMILES string of the molecule is Cc1[nH]c(C=C2C(=O)Nc3cc(Cl)ccc32)c(C)c1CCCN(C)C. The number of amides is 1. The van der Waals surface area contributed by atoms with E-state index in [-0.39, 0.29) is 5.91 Å². The number of halogens is 1. The van der Waals surface area contributed by atoms with Crippen LogP contribution in [-0.4, -0.2) is 36.4 Å². The van der Waals surface area contributed by atoms with Crippen LogP contribution in [0.2, 0.25) is 5.02 Å². The summed E-state index contributed by atoms with van der Waals surface area (Å²) in [6.45, 7) is 5.29. The molecule has 0 saturated carbocycles. The highest BCUT2D eigenvalue weighted by Crippen LogP contribution is 2.35. The lowest BCUT2D eigenvalue weighted by Gasteiger charge is -2.09. The van der Waals surface area contributed by atoms with Crippen LogP contribution in [0.25, 0.3) is 11.6 Å². The van der Waals surface area contributed by atoms with Crippen LogP contribution in [0.15, 0.2) is 18.2 Å². The van der Waals surface area contributed by atoms with Gasteiger partial charge in [0.25, 0.3) is 5.91 Å². The molecule has 0 unspecified atom stereocenters. The second kappa shape index (κ2) is 7.06. The smallest absolute Gasteiger partial charge is 0.256 e. The van der Waals surface area contributed by atoms with Crippen LogP contribution >= 0.6 is 11.6 Å². The Bertz CT molecular complexity index is 849. The van der Waals surface area contributed by atoms with Crippen molar-refractivity contribution >= 4 is 34.8 Å². The number of rotatable bonds is 5. The fraction of sp³-hybridized carbons (Fsp3) is 0.350. The zero-order chi connectivity index (χ0) is 18.1. The normalized spacial score (nSPS) is 15.1. The molecule has 0 saturated heterocycles. The number of fused-ring (bicyclic) bond motifs is 1. The van der Waals surface area contributed by atoms with Gasteiger partial charge in [0.2, 0.25) is 0 Å². The number of anilines is 1. The predicted molar refractivity (Wildman–Crippen MR) is 105 cm³/mol. The number of H-pyrrole nitrogens is 1. The van der Waals surface area contributed by atoms with Crippen molar-refractivity contribution in [3.05, 3.63) is 51.3 Å². The molecule has 132 valence electrons. The first-order valence-corrected chi connectivity index (χ1v) is 8.90. The summed E-state index contributed by atoms with van der Waals surface area (Å²) in [6.07, 6.45) is 4.10. The summed E-state index contributed by atoms with van der Waals surface area (Å²) in [6, 6.07) is 5.49. The Morgan fingerprint density at radius 2 is 2.00 bits per heavy atom. The number of hydrogen-bond donors (Lipinski definition) is 2. The highest BCUT2D eigenvalue weighted by atomic mass is 35.5. The molecule has 1 aromatic carbocycles. The van der Waals surface area contributed by atoms with Gasteiger partial charge in [-0.3, -0.25) is 4.79 Å². The molecule has 1 aliphatic heterocycles. The summed E-state index contributed by atoms with van der Waals surface area (Å²) in [4.78, 5) is 18.0. The fourth-order valence-corrected chi connectivity index (χ4v) is 3.53. The molecular weight excluding hydrogens is 334 g/mol. The Balaban J connectivity index is 1.91. The van der Waals surface area contributed by atoms with Gasteiger partial charge in [-0.15, -0.1) is 0 Å². The predicted octanol–water partition coefficient (Wildman–Crippen LogP) is 4.27. The summed E-state index contributed by atoms with van der Waals surface area (Å²) >= 11 is 6.02. The lowest BCUT2D eigenvalue weighted by Crippen LogP contribution is -2.13. The molecule has 0 atom stereocenters. The van der Waals surface area contributed by atoms with E-state index in [1.165, 1.54) is 16.8 Å². The molecule has 0 radical (unpaired) electrons. The Hall–Kier alpha value is -2.04. The minimum Gasteiger partial charge on any atom is -0.359 e. The third-order valence-electron chi connectivity index (χ3n) is 4.72. The third-order valence-corrected chi connectivity index (χ3v) is 4.95. The molecule has 3 rings (SSSR count). The first-order valence-electron chi connectivity index (χ1n) is 8.52. The van der Waals surface area contributed by atoms with Crippen LogP contribution in [0.1, 0.15) is 34.5 Å². The number of carbonyl (C=O) groups is 1. The maximum absolute atomic E-state index is 12.4. The lowest BCUT2D eigenvalue weighted by molar-refractivity contribution is -0.110. The van der Waals surface area contributed by atoms with Crippen LogP contribution in [0.5, 0.6) is 0 Å². The van der Waals surface area contributed by atoms with E-state index in [4.69, 9.17) is 11.6 Å². The monoisotopic (exact) mass is 357 g/mol. The van der Waals surface area contributed by atoms with Gasteiger partial charge in [-0.1, -0.05) is 17.7 Å². The van der Waals surface area contributed by atoms with Crippen LogP contribution in [0.3, 0.4) is 0 Å². The summed E-state index contributed by atoms with van der Waals surface area (Å²) in [7, 11) is 4.18. The Labute approximate surface area is 153 Å². The van der Waals surface area contributed by atoms with Crippen molar-refractivity contribution in [2.75, 3.05) is 26.0 Å². The summed E-state index contributed by atoms with van der Waals surface area (Å²) in [5.74, 6) is -0.0851. The molecule has 1 aliphatic rings. The molecule has 0 aliphatic carbocycles. The van der Waals surface area contributed by atoms with Crippen molar-refractivity contribution in [2.45, 2.75) is 26.7 Å². The van der Waals surface area contributed by atoms with E-state index < -0.39 is 0 Å². The molecule has 1 amide bonds. The van der Waals surface area contributed by atoms with Gasteiger partial charge in [-0.2, -0.15) is 0 Å². The number of aromatic nitrogens is 1. The number of nitrogens with one attached hydrogen (secondary N) is 2. The molecule has 4 nitrogen and oxygen atoms in total. The molecule has 25 heavy (non-hydrogen) atoms. The first kappa shape index (κ1) is 17.8. The third kappa shape index (κ3) is 3.65. The number of carbonyl (C=O) groups excluding carboxylic acids is 1. The fourth-order valence-electron chi connectivity index (χ4n) is 3.36. The van der Waals surface area contributed by atoms with Gasteiger partial charge >= 0.3 is 0 Å². The second-order valence-corrected chi connectivity index (χ2v) is 7.31. The quantitative estimate of drug-likeness (QED) is 0.785. The zero-order valence-electron chi connectivity index (χ0n) is 15.2. The van der Waals surface area contributed by atoms with E-state index in [1.807, 2.05) is 18.2 Å². The lowest BCUT2D eigenvalue weighted by atomic mass is 10.0. The van der Waals surface area contributed by atoms with Gasteiger partial charge in [0, 0.05) is 22.0 Å². The Morgan fingerprint density at radius 3 is 2.72 bits per heavy atom. The average Bonchev–Trinajstić information content (AvgIpc) is 2.98. The van der Waals surface area contributed by atoms with Gasteiger partial charge in [-0.25, -0.2) is 0 Å². The van der Waals surface area contributed by atoms with E-state index >= 15 is 0 Å². The van der Waals surface area contributed by atoms with Gasteiger partial charge < -0.3 is 15.2 Å². The van der Waals surface area contributed by atoms with E-state index in [2.05, 4.69) is 43.1 Å². The van der Waals surface area contributed by atoms with Crippen molar-refractivity contribution in [3.63, 3.8) is 0 Å². The number of aromatic amines is 1. The topological polar surface area (TPSA) is 48.1 Å². The average molecular weight is 358 g/mol. The second-order valence-electron chi connectivity index (χ2n) is 6.88. The number of aryl methyl sites for hydroxylation is 1. The molecule has 0 spiro atoms. The molecule has 2 N–H and O–H groups in total. The number of hydrogen-bond acceptors (Lipinski definition) is 2. The molecule has 0 fully saturated rings. The van der Waals surface area contributed by atoms with Crippen molar-refractivity contribution < 1.29 is 4.79 Å². The zero-order valence-corrected chi connectivity index (χ0v) is 15.9. The van der Waals surface area contributed by atoms with Crippen molar-refractivity contribution in [3.8, 4) is 0 Å². The van der Waals surface area contributed by atoms with Crippen molar-refractivity contribution in [2.24, 2.45) is 0 Å². The van der Waals surface area contributed by atoms with E-state index in [0.717, 1.165) is 36.3 Å². The maximum Gasteiger partial charge on any atom is 0.256 e.